The first-order chi connectivity index (χ1) is 13.7. The van der Waals surface area contributed by atoms with Gasteiger partial charge in [0.15, 0.2) is 11.2 Å². The van der Waals surface area contributed by atoms with Gasteiger partial charge in [-0.1, -0.05) is 35.5 Å². The van der Waals surface area contributed by atoms with Crippen LogP contribution in [0.5, 0.6) is 0 Å². The van der Waals surface area contributed by atoms with Crippen LogP contribution in [-0.4, -0.2) is 56.8 Å². The van der Waals surface area contributed by atoms with Gasteiger partial charge in [-0.3, -0.25) is 9.59 Å². The average molecular weight is 374 g/mol. The molecule has 0 unspecified atom stereocenters. The number of aromatic amines is 1. The number of anilines is 1. The van der Waals surface area contributed by atoms with E-state index in [2.05, 4.69) is 32.3 Å². The number of rotatable bonds is 2. The summed E-state index contributed by atoms with van der Waals surface area (Å²) in [5, 5.41) is 8.12. The Kier molecular flexibility index (Phi) is 3.82. The topological polar surface area (TPSA) is 86.6 Å². The van der Waals surface area contributed by atoms with Crippen molar-refractivity contribution in [3.63, 3.8) is 0 Å². The fourth-order valence-electron chi connectivity index (χ4n) is 3.70. The molecule has 2 aromatic carbocycles. The molecule has 3 heterocycles. The van der Waals surface area contributed by atoms with Gasteiger partial charge in [0.1, 0.15) is 0 Å². The Hall–Kier alpha value is -3.68. The van der Waals surface area contributed by atoms with Crippen LogP contribution in [0.2, 0.25) is 0 Å². The number of piperazine rings is 1. The van der Waals surface area contributed by atoms with E-state index >= 15 is 0 Å². The Morgan fingerprint density at radius 3 is 2.43 bits per heavy atom. The number of H-pyrrole nitrogens is 1. The number of para-hydroxylation sites is 3. The Bertz CT molecular complexity index is 1220. The molecule has 8 nitrogen and oxygen atoms in total. The summed E-state index contributed by atoms with van der Waals surface area (Å²) in [6.07, 6.45) is 0. The molecular weight excluding hydrogens is 356 g/mol. The zero-order chi connectivity index (χ0) is 19.1. The van der Waals surface area contributed by atoms with Gasteiger partial charge in [0.25, 0.3) is 11.5 Å². The second-order valence-electron chi connectivity index (χ2n) is 6.78. The van der Waals surface area contributed by atoms with Crippen LogP contribution >= 0.6 is 0 Å². The highest BCUT2D eigenvalue weighted by Crippen LogP contribution is 2.18. The molecule has 0 atom stereocenters. The standard InChI is InChI=1S/C20H18N6O2/c27-19-18-17(22-23-26(18)16-9-5-4-8-15(16)21-19)20(28)25-12-10-24(11-13-25)14-6-2-1-3-7-14/h1-9H,10-13H2,(H,21,27). The Morgan fingerprint density at radius 1 is 0.929 bits per heavy atom. The first-order valence-corrected chi connectivity index (χ1v) is 9.18. The van der Waals surface area contributed by atoms with Crippen molar-refractivity contribution in [2.75, 3.05) is 31.1 Å². The summed E-state index contributed by atoms with van der Waals surface area (Å²) < 4.78 is 1.45. The van der Waals surface area contributed by atoms with Crippen LogP contribution in [0.1, 0.15) is 10.5 Å². The van der Waals surface area contributed by atoms with E-state index in [1.807, 2.05) is 36.4 Å². The molecule has 28 heavy (non-hydrogen) atoms. The molecule has 8 heteroatoms. The van der Waals surface area contributed by atoms with E-state index in [9.17, 15) is 9.59 Å². The summed E-state index contributed by atoms with van der Waals surface area (Å²) in [5.41, 5.74) is 2.42. The van der Waals surface area contributed by atoms with Crippen LogP contribution in [0.25, 0.3) is 16.6 Å². The molecule has 1 aliphatic heterocycles. The molecule has 140 valence electrons. The minimum absolute atomic E-state index is 0.0974. The number of hydrogen-bond acceptors (Lipinski definition) is 5. The number of amides is 1. The molecular formula is C20H18N6O2. The van der Waals surface area contributed by atoms with Crippen LogP contribution in [0.4, 0.5) is 5.69 Å². The van der Waals surface area contributed by atoms with Gasteiger partial charge in [0, 0.05) is 31.9 Å². The van der Waals surface area contributed by atoms with Crippen molar-refractivity contribution in [2.24, 2.45) is 0 Å². The third-order valence-corrected chi connectivity index (χ3v) is 5.16. The maximum absolute atomic E-state index is 13.0. The SMILES string of the molecule is O=C(c1nnn2c1c(=O)[nH]c1ccccc12)N1CCN(c2ccccc2)CC1. The minimum Gasteiger partial charge on any atom is -0.368 e. The normalized spacial score (nSPS) is 14.7. The quantitative estimate of drug-likeness (QED) is 0.575. The van der Waals surface area contributed by atoms with Crippen molar-refractivity contribution in [1.29, 1.82) is 0 Å². The number of nitrogens with one attached hydrogen (secondary N) is 1. The van der Waals surface area contributed by atoms with Crippen molar-refractivity contribution in [3.05, 3.63) is 70.6 Å². The number of fused-ring (bicyclic) bond motifs is 3. The zero-order valence-electron chi connectivity index (χ0n) is 15.1. The fourth-order valence-corrected chi connectivity index (χ4v) is 3.70. The van der Waals surface area contributed by atoms with E-state index in [0.717, 1.165) is 18.8 Å². The van der Waals surface area contributed by atoms with E-state index < -0.39 is 0 Å². The highest BCUT2D eigenvalue weighted by atomic mass is 16.2. The van der Waals surface area contributed by atoms with Crippen LogP contribution in [0, 0.1) is 0 Å². The van der Waals surface area contributed by atoms with Crippen LogP contribution in [0.15, 0.2) is 59.4 Å². The highest BCUT2D eigenvalue weighted by molar-refractivity contribution is 5.99. The van der Waals surface area contributed by atoms with Gasteiger partial charge in [0.2, 0.25) is 0 Å². The third-order valence-electron chi connectivity index (χ3n) is 5.16. The lowest BCUT2D eigenvalue weighted by Gasteiger charge is -2.35. The molecule has 1 N–H and O–H groups in total. The van der Waals surface area contributed by atoms with E-state index in [1.165, 1.54) is 4.52 Å². The number of hydrogen-bond donors (Lipinski definition) is 1. The smallest absolute Gasteiger partial charge is 0.277 e. The maximum atomic E-state index is 13.0. The summed E-state index contributed by atoms with van der Waals surface area (Å²) >= 11 is 0. The Morgan fingerprint density at radius 2 is 1.64 bits per heavy atom. The minimum atomic E-state index is -0.366. The third kappa shape index (κ3) is 2.61. The van der Waals surface area contributed by atoms with Crippen molar-refractivity contribution < 1.29 is 4.79 Å². The van der Waals surface area contributed by atoms with Gasteiger partial charge in [-0.2, -0.15) is 0 Å². The Labute approximate surface area is 160 Å². The van der Waals surface area contributed by atoms with Crippen LogP contribution in [0.3, 0.4) is 0 Å². The largest absolute Gasteiger partial charge is 0.368 e. The molecule has 1 amide bonds. The van der Waals surface area contributed by atoms with E-state index in [4.69, 9.17) is 0 Å². The van der Waals surface area contributed by atoms with Crippen LogP contribution < -0.4 is 10.5 Å². The maximum Gasteiger partial charge on any atom is 0.277 e. The molecule has 2 aromatic heterocycles. The lowest BCUT2D eigenvalue weighted by atomic mass is 10.2. The second-order valence-corrected chi connectivity index (χ2v) is 6.78. The number of benzene rings is 2. The van der Waals surface area contributed by atoms with Gasteiger partial charge in [-0.15, -0.1) is 5.10 Å². The second kappa shape index (κ2) is 6.49. The van der Waals surface area contributed by atoms with E-state index in [1.54, 1.807) is 11.0 Å². The van der Waals surface area contributed by atoms with Gasteiger partial charge < -0.3 is 14.8 Å². The first-order valence-electron chi connectivity index (χ1n) is 9.18. The molecule has 0 radical (unpaired) electrons. The highest BCUT2D eigenvalue weighted by Gasteiger charge is 2.27. The lowest BCUT2D eigenvalue weighted by molar-refractivity contribution is 0.0742. The summed E-state index contributed by atoms with van der Waals surface area (Å²) in [5.74, 6) is -0.261. The zero-order valence-corrected chi connectivity index (χ0v) is 15.1. The van der Waals surface area contributed by atoms with Gasteiger partial charge >= 0.3 is 0 Å². The number of aromatic nitrogens is 4. The summed E-state index contributed by atoms with van der Waals surface area (Å²) in [7, 11) is 0. The number of carbonyl (C=O) groups is 1. The molecule has 1 saturated heterocycles. The molecule has 0 spiro atoms. The monoisotopic (exact) mass is 374 g/mol. The van der Waals surface area contributed by atoms with Crippen molar-refractivity contribution in [3.8, 4) is 0 Å². The molecule has 4 aromatic rings. The van der Waals surface area contributed by atoms with Gasteiger partial charge in [-0.05, 0) is 24.3 Å². The van der Waals surface area contributed by atoms with Crippen molar-refractivity contribution >= 4 is 28.1 Å². The summed E-state index contributed by atoms with van der Waals surface area (Å²) in [6, 6.07) is 17.4. The first kappa shape index (κ1) is 16.5. The summed E-state index contributed by atoms with van der Waals surface area (Å²) in [6.45, 7) is 2.60. The molecule has 1 aliphatic rings. The predicted molar refractivity (Wildman–Crippen MR) is 106 cm³/mol. The lowest BCUT2D eigenvalue weighted by Crippen LogP contribution is -2.49. The van der Waals surface area contributed by atoms with Crippen molar-refractivity contribution in [2.45, 2.75) is 0 Å². The Balaban J connectivity index is 1.44. The molecule has 5 rings (SSSR count). The predicted octanol–water partition coefficient (Wildman–Crippen LogP) is 1.53. The average Bonchev–Trinajstić information content (AvgIpc) is 3.20. The molecule has 1 fully saturated rings. The summed E-state index contributed by atoms with van der Waals surface area (Å²) in [4.78, 5) is 32.4. The van der Waals surface area contributed by atoms with Gasteiger partial charge in [0.05, 0.1) is 11.0 Å². The van der Waals surface area contributed by atoms with Crippen molar-refractivity contribution in [1.82, 2.24) is 24.7 Å². The molecule has 0 bridgehead atoms. The number of nitrogens with zero attached hydrogens (tertiary/aromatic N) is 5. The van der Waals surface area contributed by atoms with Gasteiger partial charge in [-0.25, -0.2) is 4.52 Å². The van der Waals surface area contributed by atoms with E-state index in [-0.39, 0.29) is 22.7 Å². The van der Waals surface area contributed by atoms with E-state index in [0.29, 0.717) is 24.1 Å². The molecule has 0 aliphatic carbocycles. The van der Waals surface area contributed by atoms with Crippen LogP contribution in [-0.2, 0) is 0 Å². The fraction of sp³-hybridized carbons (Fsp3) is 0.200. The molecule has 0 saturated carbocycles. The number of carbonyl (C=O) groups excluding carboxylic acids is 1.